The van der Waals surface area contributed by atoms with Crippen LogP contribution in [-0.4, -0.2) is 81.8 Å². The largest absolute Gasteiger partial charge is 0.495 e. The fraction of sp³-hybridized carbons (Fsp3) is 0.455. The van der Waals surface area contributed by atoms with E-state index in [1.54, 1.807) is 19.2 Å². The third-order valence-electron chi connectivity index (χ3n) is 13.2. The maximum absolute atomic E-state index is 14.7. The van der Waals surface area contributed by atoms with Crippen LogP contribution in [-0.2, 0) is 13.1 Å². The zero-order valence-electron chi connectivity index (χ0n) is 31.6. The Bertz CT molecular complexity index is 2250. The van der Waals surface area contributed by atoms with Crippen molar-refractivity contribution in [2.75, 3.05) is 35.3 Å². The Kier molecular flexibility index (Phi) is 8.48. The van der Waals surface area contributed by atoms with Crippen LogP contribution < -0.4 is 4.74 Å². The van der Waals surface area contributed by atoms with Crippen molar-refractivity contribution >= 4 is 32.7 Å². The summed E-state index contributed by atoms with van der Waals surface area (Å²) in [6, 6.07) is 23.8. The van der Waals surface area contributed by atoms with Gasteiger partial charge in [0.2, 0.25) is 0 Å². The average molecular weight is 701 g/mol. The first-order chi connectivity index (χ1) is 25.2. The Balaban J connectivity index is 0.890. The first-order valence-electron chi connectivity index (χ1n) is 19.3. The molecule has 0 bridgehead atoms. The van der Waals surface area contributed by atoms with E-state index in [4.69, 9.17) is 4.74 Å². The summed E-state index contributed by atoms with van der Waals surface area (Å²) in [5.41, 5.74) is 7.56. The minimum absolute atomic E-state index is 0.129. The van der Waals surface area contributed by atoms with E-state index < -0.39 is 0 Å². The van der Waals surface area contributed by atoms with Crippen LogP contribution >= 0.6 is 0 Å². The van der Waals surface area contributed by atoms with E-state index >= 15 is 0 Å². The van der Waals surface area contributed by atoms with Gasteiger partial charge in [0.15, 0.2) is 0 Å². The second-order valence-electron chi connectivity index (χ2n) is 16.5. The van der Waals surface area contributed by atoms with Crippen LogP contribution in [0.4, 0.5) is 4.39 Å². The number of halogens is 1. The van der Waals surface area contributed by atoms with E-state index in [-0.39, 0.29) is 5.82 Å². The molecule has 0 N–H and O–H groups in total. The van der Waals surface area contributed by atoms with E-state index in [2.05, 4.69) is 119 Å². The molecule has 9 rings (SSSR count). The van der Waals surface area contributed by atoms with Crippen molar-refractivity contribution in [2.45, 2.75) is 94.8 Å². The normalized spacial score (nSPS) is 24.7. The first-order valence-corrected chi connectivity index (χ1v) is 19.3. The van der Waals surface area contributed by atoms with Crippen LogP contribution in [0.3, 0.4) is 0 Å². The number of hydrogen-bond donors (Lipinski definition) is 0. The quantitative estimate of drug-likeness (QED) is 0.135. The van der Waals surface area contributed by atoms with Gasteiger partial charge in [-0.3, -0.25) is 9.80 Å². The highest BCUT2D eigenvalue weighted by atomic mass is 19.1. The molecular formula is C44H53FN6O. The van der Waals surface area contributed by atoms with Crippen molar-refractivity contribution in [3.8, 4) is 5.75 Å². The maximum atomic E-state index is 14.7. The molecule has 0 unspecified atom stereocenters. The lowest BCUT2D eigenvalue weighted by atomic mass is 9.85. The molecular weight excluding hydrogens is 648 g/mol. The van der Waals surface area contributed by atoms with E-state index in [0.29, 0.717) is 36.3 Å². The molecule has 3 aliphatic carbocycles. The molecule has 0 spiro atoms. The van der Waals surface area contributed by atoms with Crippen molar-refractivity contribution in [1.82, 2.24) is 28.4 Å². The fourth-order valence-electron chi connectivity index (χ4n) is 9.68. The number of nitrogens with zero attached hydrogens (tertiary/aromatic N) is 6. The molecule has 3 aromatic heterocycles. The SMILES string of the molecule is COc1cccc2c(CN(C)C3CC(n4ccc5cccc(F)c54)C3)cn(C3CC(N(C)Cc4cn(C5CC(N(C)C)C5)c5c(C)cccc45)C3)c12. The summed E-state index contributed by atoms with van der Waals surface area (Å²) in [4.78, 5) is 7.46. The fourth-order valence-corrected chi connectivity index (χ4v) is 9.68. The zero-order valence-corrected chi connectivity index (χ0v) is 31.6. The van der Waals surface area contributed by atoms with Gasteiger partial charge in [-0.05, 0) is 109 Å². The zero-order chi connectivity index (χ0) is 35.8. The van der Waals surface area contributed by atoms with Crippen LogP contribution in [0.15, 0.2) is 79.3 Å². The molecule has 3 saturated carbocycles. The van der Waals surface area contributed by atoms with E-state index in [1.165, 1.54) is 51.3 Å². The van der Waals surface area contributed by atoms with Crippen molar-refractivity contribution in [2.24, 2.45) is 0 Å². The smallest absolute Gasteiger partial charge is 0.147 e. The maximum Gasteiger partial charge on any atom is 0.147 e. The monoisotopic (exact) mass is 700 g/mol. The third-order valence-corrected chi connectivity index (χ3v) is 13.2. The second kappa shape index (κ2) is 13.1. The van der Waals surface area contributed by atoms with Gasteiger partial charge in [0.05, 0.1) is 23.7 Å². The number of ether oxygens (including phenoxy) is 1. The van der Waals surface area contributed by atoms with Crippen LogP contribution in [0, 0.1) is 12.7 Å². The molecule has 7 nitrogen and oxygen atoms in total. The van der Waals surface area contributed by atoms with Crippen molar-refractivity contribution < 1.29 is 9.13 Å². The van der Waals surface area contributed by atoms with Gasteiger partial charge in [0.1, 0.15) is 11.6 Å². The second-order valence-corrected chi connectivity index (χ2v) is 16.5. The number of methoxy groups -OCH3 is 1. The number of para-hydroxylation sites is 3. The van der Waals surface area contributed by atoms with E-state index in [9.17, 15) is 4.39 Å². The molecule has 0 radical (unpaired) electrons. The minimum Gasteiger partial charge on any atom is -0.495 e. The van der Waals surface area contributed by atoms with Gasteiger partial charge in [0, 0.05) is 84.1 Å². The highest BCUT2D eigenvalue weighted by molar-refractivity contribution is 5.89. The number of rotatable bonds is 11. The standard InChI is InChI=1S/C44H53FN6O/c1-28-10-7-12-38-30(26-50(42(28)38)36-18-32(19-36)46(2)3)24-47(4)34-22-37(23-34)51-27-31(39-13-9-15-41(52-6)44(39)51)25-48(5)33-20-35(21-33)49-17-16-29-11-8-14-40(45)43(29)49/h7-17,26-27,32-37H,18-25H2,1-6H3. The molecule has 6 aromatic rings. The number of hydrogen-bond acceptors (Lipinski definition) is 4. The van der Waals surface area contributed by atoms with Crippen LogP contribution in [0.2, 0.25) is 0 Å². The molecule has 0 saturated heterocycles. The Morgan fingerprint density at radius 2 is 1.17 bits per heavy atom. The molecule has 3 fully saturated rings. The topological polar surface area (TPSA) is 33.7 Å². The molecule has 52 heavy (non-hydrogen) atoms. The Morgan fingerprint density at radius 1 is 0.635 bits per heavy atom. The number of benzene rings is 3. The lowest BCUT2D eigenvalue weighted by Crippen LogP contribution is -2.43. The molecule has 3 aromatic carbocycles. The highest BCUT2D eigenvalue weighted by Crippen LogP contribution is 2.44. The molecule has 8 heteroatoms. The van der Waals surface area contributed by atoms with Gasteiger partial charge in [-0.15, -0.1) is 0 Å². The van der Waals surface area contributed by atoms with E-state index in [1.807, 2.05) is 12.1 Å². The summed E-state index contributed by atoms with van der Waals surface area (Å²) in [5, 5.41) is 3.68. The predicted molar refractivity (Wildman–Crippen MR) is 210 cm³/mol. The van der Waals surface area contributed by atoms with Crippen molar-refractivity contribution in [1.29, 1.82) is 0 Å². The summed E-state index contributed by atoms with van der Waals surface area (Å²) < 4.78 is 28.0. The molecule has 272 valence electrons. The molecule has 0 amide bonds. The Hall–Kier alpha value is -4.11. The Labute approximate surface area is 307 Å². The molecule has 0 atom stereocenters. The Morgan fingerprint density at radius 3 is 1.79 bits per heavy atom. The summed E-state index contributed by atoms with van der Waals surface area (Å²) in [6.07, 6.45) is 13.7. The lowest BCUT2D eigenvalue weighted by molar-refractivity contribution is 0.0994. The van der Waals surface area contributed by atoms with Gasteiger partial charge >= 0.3 is 0 Å². The van der Waals surface area contributed by atoms with Crippen LogP contribution in [0.25, 0.3) is 32.7 Å². The number of aromatic nitrogens is 3. The van der Waals surface area contributed by atoms with Crippen LogP contribution in [0.1, 0.15) is 73.3 Å². The van der Waals surface area contributed by atoms with Gasteiger partial charge in [-0.1, -0.05) is 42.5 Å². The first kappa shape index (κ1) is 33.7. The van der Waals surface area contributed by atoms with Crippen molar-refractivity contribution in [3.05, 3.63) is 102 Å². The van der Waals surface area contributed by atoms with Crippen molar-refractivity contribution in [3.63, 3.8) is 0 Å². The summed E-state index contributed by atoms with van der Waals surface area (Å²) in [5.74, 6) is 0.819. The third kappa shape index (κ3) is 5.57. The minimum atomic E-state index is -0.129. The van der Waals surface area contributed by atoms with Crippen LogP contribution in [0.5, 0.6) is 5.75 Å². The van der Waals surface area contributed by atoms with Gasteiger partial charge < -0.3 is 23.3 Å². The average Bonchev–Trinajstić information content (AvgIpc) is 3.75. The number of aryl methyl sites for hydroxylation is 1. The molecule has 3 heterocycles. The molecule has 0 aliphatic heterocycles. The summed E-state index contributed by atoms with van der Waals surface area (Å²) in [6.45, 7) is 4.11. The van der Waals surface area contributed by atoms with Gasteiger partial charge in [-0.25, -0.2) is 4.39 Å². The van der Waals surface area contributed by atoms with Gasteiger partial charge in [-0.2, -0.15) is 0 Å². The predicted octanol–water partition coefficient (Wildman–Crippen LogP) is 8.94. The summed E-state index contributed by atoms with van der Waals surface area (Å²) in [7, 11) is 10.8. The highest BCUT2D eigenvalue weighted by Gasteiger charge is 2.38. The van der Waals surface area contributed by atoms with Gasteiger partial charge in [0.25, 0.3) is 0 Å². The van der Waals surface area contributed by atoms with E-state index in [0.717, 1.165) is 55.4 Å². The number of fused-ring (bicyclic) bond motifs is 3. The summed E-state index contributed by atoms with van der Waals surface area (Å²) >= 11 is 0. The molecule has 3 aliphatic rings. The lowest BCUT2D eigenvalue weighted by Gasteiger charge is -2.42.